The lowest BCUT2D eigenvalue weighted by Gasteiger charge is -2.25. The maximum absolute atomic E-state index is 13.7. The highest BCUT2D eigenvalue weighted by Crippen LogP contribution is 2.33. The third kappa shape index (κ3) is 5.21. The summed E-state index contributed by atoms with van der Waals surface area (Å²) in [7, 11) is 0. The number of thiazole rings is 1. The van der Waals surface area contributed by atoms with Gasteiger partial charge in [0, 0.05) is 10.0 Å². The van der Waals surface area contributed by atoms with Gasteiger partial charge in [-0.2, -0.15) is 0 Å². The molecule has 0 amide bonds. The van der Waals surface area contributed by atoms with E-state index in [0.717, 1.165) is 10.0 Å². The van der Waals surface area contributed by atoms with Crippen molar-refractivity contribution in [2.75, 3.05) is 6.61 Å². The van der Waals surface area contributed by atoms with Gasteiger partial charge in [-0.3, -0.25) is 9.36 Å². The first-order valence-electron chi connectivity index (χ1n) is 11.2. The normalized spacial score (nSPS) is 15.6. The van der Waals surface area contributed by atoms with Crippen LogP contribution in [0.3, 0.4) is 0 Å². The maximum atomic E-state index is 13.7. The zero-order valence-corrected chi connectivity index (χ0v) is 24.0. The monoisotopic (exact) mass is 634 g/mol. The first kappa shape index (κ1) is 26.4. The standard InChI is InChI=1S/C26H24Br2N2O5S/c1-5-34-18-8-6-15(7-9-18)22-21(25(33)35-13(2)3)14(4)29-26-30(22)24(32)20(36-26)11-16-10-17(27)12-19(28)23(16)31/h6-13,22,31H,5H2,1-4H3/b20-11+/t22-/m0/s1. The molecule has 2 aromatic carbocycles. The van der Waals surface area contributed by atoms with Gasteiger partial charge < -0.3 is 14.6 Å². The fraction of sp³-hybridized carbons (Fsp3) is 0.269. The molecule has 188 valence electrons. The lowest BCUT2D eigenvalue weighted by Crippen LogP contribution is -2.40. The van der Waals surface area contributed by atoms with Gasteiger partial charge in [0.05, 0.1) is 39.0 Å². The molecule has 1 atom stereocenters. The number of hydrogen-bond acceptors (Lipinski definition) is 7. The van der Waals surface area contributed by atoms with Gasteiger partial charge in [0.2, 0.25) is 0 Å². The second kappa shape index (κ2) is 10.7. The molecule has 10 heteroatoms. The number of phenolic OH excluding ortho intramolecular Hbond substituents is 1. The number of aromatic nitrogens is 1. The summed E-state index contributed by atoms with van der Waals surface area (Å²) in [6, 6.07) is 10.0. The summed E-state index contributed by atoms with van der Waals surface area (Å²) in [4.78, 5) is 32.0. The van der Waals surface area contributed by atoms with E-state index >= 15 is 0 Å². The van der Waals surface area contributed by atoms with E-state index < -0.39 is 12.0 Å². The average Bonchev–Trinajstić information content (AvgIpc) is 3.11. The van der Waals surface area contributed by atoms with Crippen molar-refractivity contribution in [1.82, 2.24) is 4.57 Å². The van der Waals surface area contributed by atoms with Gasteiger partial charge in [0.25, 0.3) is 5.56 Å². The number of rotatable bonds is 6. The maximum Gasteiger partial charge on any atom is 0.338 e. The number of benzene rings is 2. The second-order valence-electron chi connectivity index (χ2n) is 8.36. The van der Waals surface area contributed by atoms with Crippen LogP contribution in [0, 0.1) is 0 Å². The molecule has 36 heavy (non-hydrogen) atoms. The smallest absolute Gasteiger partial charge is 0.338 e. The SMILES string of the molecule is CCOc1ccc([C@H]2C(C(=O)OC(C)C)=C(C)N=c3s/c(=C/c4cc(Br)cc(Br)c4O)c(=O)n32)cc1. The van der Waals surface area contributed by atoms with Crippen molar-refractivity contribution < 1.29 is 19.4 Å². The van der Waals surface area contributed by atoms with E-state index in [-0.39, 0.29) is 17.4 Å². The van der Waals surface area contributed by atoms with Crippen LogP contribution in [0.15, 0.2) is 66.4 Å². The summed E-state index contributed by atoms with van der Waals surface area (Å²) < 4.78 is 14.2. The van der Waals surface area contributed by atoms with Crippen molar-refractivity contribution in [3.8, 4) is 11.5 Å². The minimum atomic E-state index is -0.729. The minimum Gasteiger partial charge on any atom is -0.506 e. The predicted octanol–water partition coefficient (Wildman–Crippen LogP) is 4.82. The number of esters is 1. The molecule has 3 aromatic rings. The van der Waals surface area contributed by atoms with Crippen LogP contribution in [-0.2, 0) is 9.53 Å². The molecule has 0 radical (unpaired) electrons. The molecular weight excluding hydrogens is 612 g/mol. The predicted molar refractivity (Wildman–Crippen MR) is 146 cm³/mol. The second-order valence-corrected chi connectivity index (χ2v) is 11.1. The zero-order valence-electron chi connectivity index (χ0n) is 20.0. The molecule has 0 saturated heterocycles. The molecule has 1 aromatic heterocycles. The summed E-state index contributed by atoms with van der Waals surface area (Å²) in [5.41, 5.74) is 1.66. The number of nitrogens with zero attached hydrogens (tertiary/aromatic N) is 2. The summed E-state index contributed by atoms with van der Waals surface area (Å²) >= 11 is 7.94. The highest BCUT2D eigenvalue weighted by Gasteiger charge is 2.33. The van der Waals surface area contributed by atoms with Gasteiger partial charge in [-0.15, -0.1) is 0 Å². The fourth-order valence-electron chi connectivity index (χ4n) is 3.93. The van der Waals surface area contributed by atoms with Crippen LogP contribution in [-0.4, -0.2) is 28.4 Å². The summed E-state index contributed by atoms with van der Waals surface area (Å²) in [6.07, 6.45) is 1.29. The number of halogens is 2. The quantitative estimate of drug-likeness (QED) is 0.393. The molecule has 0 bridgehead atoms. The topological polar surface area (TPSA) is 90.1 Å². The van der Waals surface area contributed by atoms with Crippen LogP contribution in [0.2, 0.25) is 0 Å². The molecule has 1 N–H and O–H groups in total. The lowest BCUT2D eigenvalue weighted by molar-refractivity contribution is -0.143. The average molecular weight is 636 g/mol. The molecule has 2 heterocycles. The van der Waals surface area contributed by atoms with Crippen molar-refractivity contribution in [3.05, 3.63) is 87.4 Å². The van der Waals surface area contributed by atoms with E-state index in [0.29, 0.717) is 43.0 Å². The summed E-state index contributed by atoms with van der Waals surface area (Å²) in [5.74, 6) is 0.189. The Hall–Kier alpha value is -2.69. The van der Waals surface area contributed by atoms with Crippen molar-refractivity contribution in [2.45, 2.75) is 39.8 Å². The largest absolute Gasteiger partial charge is 0.506 e. The van der Waals surface area contributed by atoms with E-state index in [1.165, 1.54) is 15.9 Å². The van der Waals surface area contributed by atoms with Crippen molar-refractivity contribution >= 4 is 55.2 Å². The number of carbonyl (C=O) groups is 1. The van der Waals surface area contributed by atoms with Crippen LogP contribution in [0.5, 0.6) is 11.5 Å². The number of carbonyl (C=O) groups excluding carboxylic acids is 1. The minimum absolute atomic E-state index is 0.0180. The van der Waals surface area contributed by atoms with Crippen LogP contribution in [0.1, 0.15) is 44.9 Å². The molecule has 4 rings (SSSR count). The number of ether oxygens (including phenoxy) is 2. The van der Waals surface area contributed by atoms with Crippen LogP contribution >= 0.6 is 43.2 Å². The molecule has 7 nitrogen and oxygen atoms in total. The first-order valence-corrected chi connectivity index (χ1v) is 13.6. The van der Waals surface area contributed by atoms with Gasteiger partial charge in [0.15, 0.2) is 4.80 Å². The van der Waals surface area contributed by atoms with E-state index in [4.69, 9.17) is 9.47 Å². The Morgan fingerprint density at radius 1 is 1.25 bits per heavy atom. The fourth-order valence-corrected chi connectivity index (χ4v) is 6.22. The number of aromatic hydroxyl groups is 1. The van der Waals surface area contributed by atoms with Crippen LogP contribution < -0.4 is 19.6 Å². The Morgan fingerprint density at radius 3 is 2.58 bits per heavy atom. The Kier molecular flexibility index (Phi) is 7.87. The van der Waals surface area contributed by atoms with Crippen molar-refractivity contribution in [3.63, 3.8) is 0 Å². The summed E-state index contributed by atoms with van der Waals surface area (Å²) in [6.45, 7) is 7.72. The van der Waals surface area contributed by atoms with E-state index in [1.54, 1.807) is 39.0 Å². The first-order chi connectivity index (χ1) is 17.1. The molecule has 0 unspecified atom stereocenters. The number of phenols is 1. The third-order valence-electron chi connectivity index (χ3n) is 5.44. The van der Waals surface area contributed by atoms with Gasteiger partial charge in [-0.05, 0) is 79.5 Å². The van der Waals surface area contributed by atoms with Crippen LogP contribution in [0.4, 0.5) is 0 Å². The van der Waals surface area contributed by atoms with Crippen LogP contribution in [0.25, 0.3) is 6.08 Å². The van der Waals surface area contributed by atoms with Gasteiger partial charge >= 0.3 is 5.97 Å². The molecule has 1 aliphatic rings. The Morgan fingerprint density at radius 2 is 1.94 bits per heavy atom. The van der Waals surface area contributed by atoms with Gasteiger partial charge in [0.1, 0.15) is 11.5 Å². The highest BCUT2D eigenvalue weighted by atomic mass is 79.9. The number of allylic oxidation sites excluding steroid dienone is 1. The highest BCUT2D eigenvalue weighted by molar-refractivity contribution is 9.11. The van der Waals surface area contributed by atoms with Gasteiger partial charge in [-0.25, -0.2) is 9.79 Å². The van der Waals surface area contributed by atoms with Crippen molar-refractivity contribution in [2.24, 2.45) is 4.99 Å². The molecule has 0 aliphatic carbocycles. The lowest BCUT2D eigenvalue weighted by atomic mass is 9.96. The Bertz CT molecular complexity index is 1540. The Labute approximate surface area is 228 Å². The number of fused-ring (bicyclic) bond motifs is 1. The molecule has 0 spiro atoms. The van der Waals surface area contributed by atoms with E-state index in [2.05, 4.69) is 36.9 Å². The Balaban J connectivity index is 1.94. The zero-order chi connectivity index (χ0) is 26.1. The summed E-state index contributed by atoms with van der Waals surface area (Å²) in [5, 5.41) is 10.5. The van der Waals surface area contributed by atoms with E-state index in [9.17, 15) is 14.7 Å². The third-order valence-corrected chi connectivity index (χ3v) is 7.48. The van der Waals surface area contributed by atoms with E-state index in [1.807, 2.05) is 31.2 Å². The number of hydrogen-bond donors (Lipinski definition) is 1. The molecule has 0 saturated carbocycles. The van der Waals surface area contributed by atoms with Crippen molar-refractivity contribution in [1.29, 1.82) is 0 Å². The molecule has 0 fully saturated rings. The molecule has 1 aliphatic heterocycles. The molecular formula is C26H24Br2N2O5S. The van der Waals surface area contributed by atoms with Gasteiger partial charge in [-0.1, -0.05) is 39.4 Å².